The Morgan fingerprint density at radius 2 is 1.78 bits per heavy atom. The summed E-state index contributed by atoms with van der Waals surface area (Å²) in [5, 5.41) is 7.05. The second kappa shape index (κ2) is 7.47. The molecule has 1 aromatic rings. The third-order valence-corrected chi connectivity index (χ3v) is 9.44. The van der Waals surface area contributed by atoms with Crippen LogP contribution in [0.3, 0.4) is 0 Å². The Kier molecular flexibility index (Phi) is 4.79. The molecule has 2 N–H and O–H groups in total. The average Bonchev–Trinajstić information content (AvgIpc) is 3.33. The Hall–Kier alpha value is -2.08. The lowest BCUT2D eigenvalue weighted by atomic mass is 9.51. The number of benzene rings is 1. The van der Waals surface area contributed by atoms with E-state index >= 15 is 0 Å². The quantitative estimate of drug-likeness (QED) is 0.745. The van der Waals surface area contributed by atoms with Crippen LogP contribution >= 0.6 is 0 Å². The molecular weight excluding hydrogens is 400 g/mol. The molecule has 0 aromatic heterocycles. The van der Waals surface area contributed by atoms with Crippen LogP contribution in [0.1, 0.15) is 68.6 Å². The molecule has 5 fully saturated rings. The van der Waals surface area contributed by atoms with Gasteiger partial charge in [0.15, 0.2) is 0 Å². The van der Waals surface area contributed by atoms with Gasteiger partial charge in [-0.2, -0.15) is 0 Å². The number of nitrogens with zero attached hydrogens (tertiary/aromatic N) is 2. The van der Waals surface area contributed by atoms with Gasteiger partial charge in [-0.15, -0.1) is 0 Å². The number of para-hydroxylation sites is 1. The molecule has 0 unspecified atom stereocenters. The van der Waals surface area contributed by atoms with Crippen molar-refractivity contribution < 1.29 is 9.59 Å². The van der Waals surface area contributed by atoms with E-state index in [4.69, 9.17) is 0 Å². The molecule has 32 heavy (non-hydrogen) atoms. The van der Waals surface area contributed by atoms with Crippen molar-refractivity contribution in [3.63, 3.8) is 0 Å². The van der Waals surface area contributed by atoms with Crippen LogP contribution in [0.25, 0.3) is 0 Å². The minimum absolute atomic E-state index is 0.0152. The van der Waals surface area contributed by atoms with Gasteiger partial charge in [-0.1, -0.05) is 31.9 Å². The second-order valence-electron chi connectivity index (χ2n) is 11.3. The van der Waals surface area contributed by atoms with Gasteiger partial charge >= 0.3 is 0 Å². The van der Waals surface area contributed by atoms with Gasteiger partial charge < -0.3 is 15.5 Å². The lowest BCUT2D eigenvalue weighted by molar-refractivity contribution is -0.152. The van der Waals surface area contributed by atoms with Gasteiger partial charge in [0.2, 0.25) is 5.91 Å². The summed E-state index contributed by atoms with van der Waals surface area (Å²) in [6.45, 7) is 6.10. The van der Waals surface area contributed by atoms with Gasteiger partial charge in [0.1, 0.15) is 5.66 Å². The minimum Gasteiger partial charge on any atom is -0.362 e. The third-order valence-electron chi connectivity index (χ3n) is 9.44. The highest BCUT2D eigenvalue weighted by molar-refractivity contribution is 6.02. The lowest BCUT2D eigenvalue weighted by Crippen LogP contribution is -2.70. The number of rotatable bonds is 2. The molecule has 4 saturated carbocycles. The maximum Gasteiger partial charge on any atom is 0.255 e. The molecule has 2 amide bonds. The predicted molar refractivity (Wildman–Crippen MR) is 124 cm³/mol. The summed E-state index contributed by atoms with van der Waals surface area (Å²) in [4.78, 5) is 31.4. The standard InChI is InChI=1S/C26H36N4O2/c1-25-11-10-18(26(17-25)27-22-9-5-4-8-20(22)23(31)28-26)16-21(25)24(32)30-14-12-29(13-15-30)19-6-2-3-7-19/h4-5,8-9,18-19,21,27H,2-3,6-7,10-17H2,1H3,(H,28,31)/t18-,21-,25-,26-/m0/s1. The Balaban J connectivity index is 1.17. The van der Waals surface area contributed by atoms with E-state index in [1.807, 2.05) is 24.3 Å². The van der Waals surface area contributed by atoms with E-state index in [1.54, 1.807) is 0 Å². The topological polar surface area (TPSA) is 64.7 Å². The van der Waals surface area contributed by atoms with Crippen molar-refractivity contribution >= 4 is 17.5 Å². The molecule has 1 saturated heterocycles. The fourth-order valence-electron chi connectivity index (χ4n) is 7.63. The van der Waals surface area contributed by atoms with Crippen LogP contribution in [-0.2, 0) is 4.79 Å². The van der Waals surface area contributed by atoms with Gasteiger partial charge in [0, 0.05) is 49.7 Å². The van der Waals surface area contributed by atoms with E-state index in [0.717, 1.165) is 69.2 Å². The number of hydrogen-bond acceptors (Lipinski definition) is 4. The highest BCUT2D eigenvalue weighted by Crippen LogP contribution is 2.58. The number of piperazine rings is 1. The first kappa shape index (κ1) is 20.5. The number of amides is 2. The van der Waals surface area contributed by atoms with Crippen molar-refractivity contribution in [2.75, 3.05) is 31.5 Å². The fourth-order valence-corrected chi connectivity index (χ4v) is 7.63. The smallest absolute Gasteiger partial charge is 0.255 e. The van der Waals surface area contributed by atoms with Crippen LogP contribution in [-0.4, -0.2) is 59.5 Å². The highest BCUT2D eigenvalue weighted by atomic mass is 16.2. The summed E-state index contributed by atoms with van der Waals surface area (Å²) in [6.07, 6.45) is 9.21. The summed E-state index contributed by atoms with van der Waals surface area (Å²) in [7, 11) is 0. The average molecular weight is 437 g/mol. The SMILES string of the molecule is C[C@@]12CC[C@@H](C[C@H]1C(=O)N1CCN(C3CCCC3)CC1)[C@]1(C2)NC(=O)c2ccccc2N1. The van der Waals surface area contributed by atoms with Gasteiger partial charge in [-0.3, -0.25) is 14.5 Å². The summed E-state index contributed by atoms with van der Waals surface area (Å²) in [6, 6.07) is 8.53. The molecule has 7 rings (SSSR count). The van der Waals surface area contributed by atoms with E-state index in [-0.39, 0.29) is 23.2 Å². The predicted octanol–water partition coefficient (Wildman–Crippen LogP) is 3.45. The zero-order chi connectivity index (χ0) is 21.9. The van der Waals surface area contributed by atoms with Crippen molar-refractivity contribution in [1.82, 2.24) is 15.1 Å². The Bertz CT molecular complexity index is 920. The zero-order valence-electron chi connectivity index (χ0n) is 19.2. The molecule has 6 heteroatoms. The van der Waals surface area contributed by atoms with Crippen molar-refractivity contribution in [2.45, 2.75) is 70.0 Å². The van der Waals surface area contributed by atoms with E-state index in [2.05, 4.69) is 27.4 Å². The van der Waals surface area contributed by atoms with E-state index in [9.17, 15) is 9.59 Å². The molecule has 0 radical (unpaired) electrons. The maximum atomic E-state index is 13.7. The van der Waals surface area contributed by atoms with Gasteiger partial charge in [-0.05, 0) is 56.1 Å². The molecule has 2 heterocycles. The van der Waals surface area contributed by atoms with Crippen molar-refractivity contribution in [1.29, 1.82) is 0 Å². The maximum absolute atomic E-state index is 13.7. The molecule has 6 nitrogen and oxygen atoms in total. The molecule has 1 aromatic carbocycles. The number of nitrogens with one attached hydrogen (secondary N) is 2. The number of carbonyl (C=O) groups excluding carboxylic acids is 2. The van der Waals surface area contributed by atoms with Crippen molar-refractivity contribution in [2.24, 2.45) is 17.3 Å². The molecule has 1 spiro atoms. The van der Waals surface area contributed by atoms with E-state index < -0.39 is 5.66 Å². The van der Waals surface area contributed by atoms with Crippen LogP contribution in [0.4, 0.5) is 5.69 Å². The lowest BCUT2D eigenvalue weighted by Gasteiger charge is -2.61. The van der Waals surface area contributed by atoms with E-state index in [1.165, 1.54) is 25.7 Å². The molecular formula is C26H36N4O2. The summed E-state index contributed by atoms with van der Waals surface area (Å²) >= 11 is 0. The van der Waals surface area contributed by atoms with Crippen LogP contribution < -0.4 is 10.6 Å². The molecule has 4 aliphatic carbocycles. The first-order valence-corrected chi connectivity index (χ1v) is 12.7. The first-order chi connectivity index (χ1) is 15.5. The monoisotopic (exact) mass is 436 g/mol. The second-order valence-corrected chi connectivity index (χ2v) is 11.3. The highest BCUT2D eigenvalue weighted by Gasteiger charge is 2.60. The van der Waals surface area contributed by atoms with Crippen molar-refractivity contribution in [3.05, 3.63) is 29.8 Å². The summed E-state index contributed by atoms with van der Waals surface area (Å²) < 4.78 is 0. The van der Waals surface area contributed by atoms with Gasteiger partial charge in [0.05, 0.1) is 5.56 Å². The largest absolute Gasteiger partial charge is 0.362 e. The van der Waals surface area contributed by atoms with E-state index in [0.29, 0.717) is 5.91 Å². The number of hydrogen-bond donors (Lipinski definition) is 2. The minimum atomic E-state index is -0.420. The Labute approximate surface area is 191 Å². The van der Waals surface area contributed by atoms with Crippen LogP contribution in [0.5, 0.6) is 0 Å². The normalized spacial score (nSPS) is 37.3. The van der Waals surface area contributed by atoms with Gasteiger partial charge in [-0.25, -0.2) is 0 Å². The third kappa shape index (κ3) is 3.17. The molecule has 4 atom stereocenters. The zero-order valence-corrected chi connectivity index (χ0v) is 19.2. The van der Waals surface area contributed by atoms with Gasteiger partial charge in [0.25, 0.3) is 5.91 Å². The van der Waals surface area contributed by atoms with Crippen molar-refractivity contribution in [3.8, 4) is 0 Å². The fraction of sp³-hybridized carbons (Fsp3) is 0.692. The molecule has 6 aliphatic rings. The number of carbonyl (C=O) groups is 2. The molecule has 172 valence electrons. The van der Waals surface area contributed by atoms with Crippen LogP contribution in [0.2, 0.25) is 0 Å². The Morgan fingerprint density at radius 1 is 1.03 bits per heavy atom. The number of anilines is 1. The first-order valence-electron chi connectivity index (χ1n) is 12.7. The molecule has 2 aliphatic heterocycles. The summed E-state index contributed by atoms with van der Waals surface area (Å²) in [5.74, 6) is 0.734. The Morgan fingerprint density at radius 3 is 2.53 bits per heavy atom. The molecule has 2 bridgehead atoms. The van der Waals surface area contributed by atoms with Crippen LogP contribution in [0, 0.1) is 17.3 Å². The number of fused-ring (bicyclic) bond motifs is 3. The summed E-state index contributed by atoms with van der Waals surface area (Å²) in [5.41, 5.74) is 1.15. The van der Waals surface area contributed by atoms with Crippen LogP contribution in [0.15, 0.2) is 24.3 Å².